The maximum atomic E-state index is 13.8. The largest absolute Gasteiger partial charge is 0.444 e. The first kappa shape index (κ1) is 17.1. The quantitative estimate of drug-likeness (QED) is 0.887. The minimum Gasteiger partial charge on any atom is -0.444 e. The van der Waals surface area contributed by atoms with Gasteiger partial charge in [0.25, 0.3) is 0 Å². The molecule has 1 atom stereocenters. The van der Waals surface area contributed by atoms with E-state index in [2.05, 4.69) is 5.32 Å². The molecule has 126 valence electrons. The Morgan fingerprint density at radius 3 is 2.65 bits per heavy atom. The van der Waals surface area contributed by atoms with Crippen molar-refractivity contribution in [2.24, 2.45) is 5.73 Å². The van der Waals surface area contributed by atoms with Gasteiger partial charge in [0.05, 0.1) is 5.69 Å². The Labute approximate surface area is 132 Å². The molecule has 1 unspecified atom stereocenters. The molecule has 0 aromatic heterocycles. The van der Waals surface area contributed by atoms with Crippen LogP contribution in [0.15, 0.2) is 12.1 Å². The van der Waals surface area contributed by atoms with Crippen molar-refractivity contribution in [1.82, 2.24) is 5.32 Å². The van der Waals surface area contributed by atoms with Crippen molar-refractivity contribution in [3.63, 3.8) is 0 Å². The van der Waals surface area contributed by atoms with E-state index in [1.54, 1.807) is 20.8 Å². The van der Waals surface area contributed by atoms with Gasteiger partial charge in [-0.2, -0.15) is 0 Å². The second-order valence-corrected chi connectivity index (χ2v) is 6.22. The molecule has 1 heterocycles. The lowest BCUT2D eigenvalue weighted by Gasteiger charge is -2.21. The average Bonchev–Trinajstić information content (AvgIpc) is 2.61. The molecule has 1 aromatic carbocycles. The zero-order valence-corrected chi connectivity index (χ0v) is 13.2. The van der Waals surface area contributed by atoms with E-state index in [1.807, 2.05) is 0 Å². The van der Waals surface area contributed by atoms with Crippen LogP contribution in [-0.2, 0) is 9.53 Å². The Balaban J connectivity index is 2.05. The molecular formula is C15H19F2N3O3. The maximum absolute atomic E-state index is 13.8. The molecule has 2 rings (SSSR count). The van der Waals surface area contributed by atoms with Crippen LogP contribution in [0.4, 0.5) is 19.3 Å². The molecule has 8 heteroatoms. The molecule has 2 amide bonds. The summed E-state index contributed by atoms with van der Waals surface area (Å²) in [5.41, 5.74) is 5.09. The number of benzene rings is 1. The standard InChI is InChI=1S/C15H19F2N3O3/c1-15(2,3)23-14(22)19-4-5-20-10-7-8(16)6-9(17)11(10)12(18)13(20)21/h6-7,12H,4-5,18H2,1-3H3,(H,19,22). The molecule has 0 fully saturated rings. The van der Waals surface area contributed by atoms with Crippen molar-refractivity contribution >= 4 is 17.7 Å². The van der Waals surface area contributed by atoms with Crippen LogP contribution in [0.2, 0.25) is 0 Å². The van der Waals surface area contributed by atoms with Gasteiger partial charge in [0.15, 0.2) is 0 Å². The predicted molar refractivity (Wildman–Crippen MR) is 79.9 cm³/mol. The molecular weight excluding hydrogens is 308 g/mol. The number of carbonyl (C=O) groups is 2. The van der Waals surface area contributed by atoms with Gasteiger partial charge in [0, 0.05) is 24.7 Å². The fraction of sp³-hybridized carbons (Fsp3) is 0.467. The lowest BCUT2D eigenvalue weighted by atomic mass is 10.1. The number of anilines is 1. The lowest BCUT2D eigenvalue weighted by Crippen LogP contribution is -2.40. The summed E-state index contributed by atoms with van der Waals surface area (Å²) < 4.78 is 32.2. The lowest BCUT2D eigenvalue weighted by molar-refractivity contribution is -0.119. The number of nitrogens with two attached hydrogens (primary N) is 1. The van der Waals surface area contributed by atoms with Crippen molar-refractivity contribution in [3.05, 3.63) is 29.3 Å². The van der Waals surface area contributed by atoms with Crippen LogP contribution in [0.5, 0.6) is 0 Å². The van der Waals surface area contributed by atoms with Crippen molar-refractivity contribution < 1.29 is 23.1 Å². The molecule has 0 spiro atoms. The van der Waals surface area contributed by atoms with Gasteiger partial charge < -0.3 is 20.7 Å². The smallest absolute Gasteiger partial charge is 0.407 e. The van der Waals surface area contributed by atoms with E-state index in [4.69, 9.17) is 10.5 Å². The van der Waals surface area contributed by atoms with Crippen molar-refractivity contribution in [1.29, 1.82) is 0 Å². The first-order chi connectivity index (χ1) is 10.6. The van der Waals surface area contributed by atoms with Gasteiger partial charge in [-0.15, -0.1) is 0 Å². The van der Waals surface area contributed by atoms with Crippen LogP contribution in [0.25, 0.3) is 0 Å². The van der Waals surface area contributed by atoms with E-state index in [1.165, 1.54) is 0 Å². The molecule has 0 radical (unpaired) electrons. The number of hydrogen-bond donors (Lipinski definition) is 2. The summed E-state index contributed by atoms with van der Waals surface area (Å²) in [6.45, 7) is 5.25. The fourth-order valence-electron chi connectivity index (χ4n) is 2.33. The third kappa shape index (κ3) is 3.76. The number of carbonyl (C=O) groups excluding carboxylic acids is 2. The number of ether oxygens (including phenoxy) is 1. The first-order valence-corrected chi connectivity index (χ1v) is 7.13. The average molecular weight is 327 g/mol. The molecule has 0 bridgehead atoms. The van der Waals surface area contributed by atoms with Crippen molar-refractivity contribution in [2.45, 2.75) is 32.4 Å². The van der Waals surface area contributed by atoms with E-state index in [0.717, 1.165) is 11.0 Å². The number of halogens is 2. The highest BCUT2D eigenvalue weighted by atomic mass is 19.1. The van der Waals surface area contributed by atoms with E-state index >= 15 is 0 Å². The van der Waals surface area contributed by atoms with Gasteiger partial charge in [0.1, 0.15) is 23.3 Å². The Morgan fingerprint density at radius 1 is 1.39 bits per heavy atom. The number of alkyl carbamates (subject to hydrolysis) is 1. The Morgan fingerprint density at radius 2 is 2.04 bits per heavy atom. The fourth-order valence-corrected chi connectivity index (χ4v) is 2.33. The first-order valence-electron chi connectivity index (χ1n) is 7.13. The van der Waals surface area contributed by atoms with Crippen LogP contribution < -0.4 is 16.0 Å². The van der Waals surface area contributed by atoms with E-state index < -0.39 is 35.3 Å². The molecule has 3 N–H and O–H groups in total. The SMILES string of the molecule is CC(C)(C)OC(=O)NCCN1C(=O)C(N)c2c(F)cc(F)cc21. The summed E-state index contributed by atoms with van der Waals surface area (Å²) in [4.78, 5) is 24.8. The van der Waals surface area contributed by atoms with Crippen LogP contribution in [0, 0.1) is 11.6 Å². The highest BCUT2D eigenvalue weighted by molar-refractivity contribution is 6.04. The van der Waals surface area contributed by atoms with Crippen LogP contribution in [0.3, 0.4) is 0 Å². The molecule has 0 saturated heterocycles. The van der Waals surface area contributed by atoms with E-state index in [-0.39, 0.29) is 24.3 Å². The number of nitrogens with one attached hydrogen (secondary N) is 1. The molecule has 1 aromatic rings. The normalized spacial score (nSPS) is 17.2. The minimum atomic E-state index is -1.17. The zero-order chi connectivity index (χ0) is 17.4. The van der Waals surface area contributed by atoms with Crippen molar-refractivity contribution in [3.8, 4) is 0 Å². The Hall–Kier alpha value is -2.22. The molecule has 23 heavy (non-hydrogen) atoms. The van der Waals surface area contributed by atoms with Gasteiger partial charge in [-0.05, 0) is 26.8 Å². The van der Waals surface area contributed by atoms with Crippen molar-refractivity contribution in [2.75, 3.05) is 18.0 Å². The topological polar surface area (TPSA) is 84.7 Å². The number of rotatable bonds is 3. The monoisotopic (exact) mass is 327 g/mol. The molecule has 0 saturated carbocycles. The van der Waals surface area contributed by atoms with Gasteiger partial charge in [-0.25, -0.2) is 13.6 Å². The van der Waals surface area contributed by atoms with Crippen LogP contribution in [-0.4, -0.2) is 30.7 Å². The number of nitrogens with zero attached hydrogens (tertiary/aromatic N) is 1. The predicted octanol–water partition coefficient (Wildman–Crippen LogP) is 1.84. The maximum Gasteiger partial charge on any atom is 0.407 e. The number of amides is 2. The minimum absolute atomic E-state index is 0.0294. The Bertz CT molecular complexity index is 644. The van der Waals surface area contributed by atoms with Crippen LogP contribution in [0.1, 0.15) is 32.4 Å². The zero-order valence-electron chi connectivity index (χ0n) is 13.2. The summed E-state index contributed by atoms with van der Waals surface area (Å²) in [5.74, 6) is -2.20. The molecule has 1 aliphatic rings. The van der Waals surface area contributed by atoms with Gasteiger partial charge in [-0.1, -0.05) is 0 Å². The summed E-state index contributed by atoms with van der Waals surface area (Å²) in [6.07, 6.45) is -0.640. The second-order valence-electron chi connectivity index (χ2n) is 6.22. The van der Waals surface area contributed by atoms with E-state index in [9.17, 15) is 18.4 Å². The molecule has 1 aliphatic heterocycles. The van der Waals surface area contributed by atoms with Gasteiger partial charge in [0.2, 0.25) is 5.91 Å². The molecule has 6 nitrogen and oxygen atoms in total. The second kappa shape index (κ2) is 6.11. The van der Waals surface area contributed by atoms with Gasteiger partial charge >= 0.3 is 6.09 Å². The highest BCUT2D eigenvalue weighted by Gasteiger charge is 2.37. The van der Waals surface area contributed by atoms with Gasteiger partial charge in [-0.3, -0.25) is 4.79 Å². The highest BCUT2D eigenvalue weighted by Crippen LogP contribution is 2.36. The van der Waals surface area contributed by atoms with E-state index in [0.29, 0.717) is 6.07 Å². The summed E-state index contributed by atoms with van der Waals surface area (Å²) in [7, 11) is 0. The summed E-state index contributed by atoms with van der Waals surface area (Å²) >= 11 is 0. The summed E-state index contributed by atoms with van der Waals surface area (Å²) in [6, 6.07) is 0.567. The Kier molecular flexibility index (Phi) is 4.56. The van der Waals surface area contributed by atoms with Crippen LogP contribution >= 0.6 is 0 Å². The summed E-state index contributed by atoms with van der Waals surface area (Å²) in [5, 5.41) is 2.48. The molecule has 0 aliphatic carbocycles. The third-order valence-electron chi connectivity index (χ3n) is 3.21. The number of hydrogen-bond acceptors (Lipinski definition) is 4. The third-order valence-corrected chi connectivity index (χ3v) is 3.21. The number of fused-ring (bicyclic) bond motifs is 1.